The van der Waals surface area contributed by atoms with Crippen molar-refractivity contribution in [1.82, 2.24) is 9.97 Å². The summed E-state index contributed by atoms with van der Waals surface area (Å²) in [6.07, 6.45) is 3.70. The molecule has 0 bridgehead atoms. The van der Waals surface area contributed by atoms with Gasteiger partial charge in [0.25, 0.3) is 0 Å². The summed E-state index contributed by atoms with van der Waals surface area (Å²) in [5, 5.41) is 8.58. The molecule has 2 heteroatoms. The van der Waals surface area contributed by atoms with Gasteiger partial charge < -0.3 is 0 Å². The summed E-state index contributed by atoms with van der Waals surface area (Å²) in [6.45, 7) is 0. The minimum absolute atomic E-state index is 1.02. The summed E-state index contributed by atoms with van der Waals surface area (Å²) in [6, 6.07) is 38.7. The third kappa shape index (κ3) is 2.82. The maximum Gasteiger partial charge on any atom is 0.0800 e. The molecule has 0 radical (unpaired) electrons. The molecule has 2 nitrogen and oxygen atoms in total. The molecule has 2 aromatic heterocycles. The van der Waals surface area contributed by atoms with E-state index < -0.39 is 0 Å². The molecular weight excluding hydrogens is 412 g/mol. The Hall–Kier alpha value is -4.56. The van der Waals surface area contributed by atoms with Gasteiger partial charge >= 0.3 is 0 Å². The summed E-state index contributed by atoms with van der Waals surface area (Å²) in [5.74, 6) is 0. The van der Waals surface area contributed by atoms with Gasteiger partial charge in [0.1, 0.15) is 0 Å². The molecule has 0 amide bonds. The molecule has 0 aliphatic heterocycles. The van der Waals surface area contributed by atoms with E-state index in [0.29, 0.717) is 0 Å². The monoisotopic (exact) mass is 432 g/mol. The molecule has 5 aromatic carbocycles. The van der Waals surface area contributed by atoms with Gasteiger partial charge in [-0.25, -0.2) is 4.98 Å². The van der Waals surface area contributed by atoms with Crippen LogP contribution < -0.4 is 0 Å². The van der Waals surface area contributed by atoms with Crippen LogP contribution >= 0.6 is 0 Å². The number of aromatic nitrogens is 2. The lowest BCUT2D eigenvalue weighted by Gasteiger charge is -2.15. The molecule has 34 heavy (non-hydrogen) atoms. The molecule has 0 N–H and O–H groups in total. The summed E-state index contributed by atoms with van der Waals surface area (Å²) in [5.41, 5.74) is 5.45. The van der Waals surface area contributed by atoms with E-state index in [-0.39, 0.29) is 0 Å². The molecular formula is C32H20N2. The van der Waals surface area contributed by atoms with E-state index in [0.717, 1.165) is 27.9 Å². The molecule has 0 saturated carbocycles. The van der Waals surface area contributed by atoms with Gasteiger partial charge in [0.05, 0.1) is 11.2 Å². The van der Waals surface area contributed by atoms with Gasteiger partial charge in [0.2, 0.25) is 0 Å². The van der Waals surface area contributed by atoms with Crippen LogP contribution in [0.25, 0.3) is 65.6 Å². The summed E-state index contributed by atoms with van der Waals surface area (Å²) in [4.78, 5) is 9.60. The Bertz CT molecular complexity index is 1840. The predicted octanol–water partition coefficient (Wildman–Crippen LogP) is 8.42. The number of benzene rings is 5. The fraction of sp³-hybridized carbons (Fsp3) is 0. The van der Waals surface area contributed by atoms with E-state index in [1.54, 1.807) is 6.20 Å². The van der Waals surface area contributed by atoms with Crippen molar-refractivity contribution >= 4 is 43.2 Å². The smallest absolute Gasteiger partial charge is 0.0800 e. The van der Waals surface area contributed by atoms with E-state index in [1.165, 1.54) is 37.7 Å². The second-order valence-electron chi connectivity index (χ2n) is 8.64. The molecule has 0 aliphatic rings. The number of rotatable bonds is 2. The minimum atomic E-state index is 1.02. The first-order valence-electron chi connectivity index (χ1n) is 11.5. The van der Waals surface area contributed by atoms with E-state index in [1.807, 2.05) is 12.3 Å². The number of hydrogen-bond donors (Lipinski definition) is 0. The summed E-state index contributed by atoms with van der Waals surface area (Å²) < 4.78 is 0. The predicted molar refractivity (Wildman–Crippen MR) is 143 cm³/mol. The Balaban J connectivity index is 1.58. The minimum Gasteiger partial charge on any atom is -0.264 e. The van der Waals surface area contributed by atoms with Crippen molar-refractivity contribution in [3.63, 3.8) is 0 Å². The lowest BCUT2D eigenvalue weighted by Crippen LogP contribution is -1.92. The average Bonchev–Trinajstić information content (AvgIpc) is 2.93. The largest absolute Gasteiger partial charge is 0.264 e. The van der Waals surface area contributed by atoms with Crippen molar-refractivity contribution in [2.24, 2.45) is 0 Å². The molecule has 0 fully saturated rings. The van der Waals surface area contributed by atoms with Gasteiger partial charge in [0, 0.05) is 34.1 Å². The van der Waals surface area contributed by atoms with Crippen LogP contribution in [-0.2, 0) is 0 Å². The maximum atomic E-state index is 5.34. The number of nitrogens with zero attached hydrogens (tertiary/aromatic N) is 2. The van der Waals surface area contributed by atoms with Crippen LogP contribution in [0.3, 0.4) is 0 Å². The Labute approximate surface area is 197 Å². The lowest BCUT2D eigenvalue weighted by atomic mass is 9.92. The second kappa shape index (κ2) is 7.50. The second-order valence-corrected chi connectivity index (χ2v) is 8.64. The van der Waals surface area contributed by atoms with Crippen LogP contribution in [0.5, 0.6) is 0 Å². The zero-order chi connectivity index (χ0) is 22.5. The summed E-state index contributed by atoms with van der Waals surface area (Å²) >= 11 is 0. The van der Waals surface area contributed by atoms with Crippen molar-refractivity contribution in [2.45, 2.75) is 0 Å². The third-order valence-electron chi connectivity index (χ3n) is 6.73. The highest BCUT2D eigenvalue weighted by Crippen LogP contribution is 2.40. The molecule has 0 unspecified atom stereocenters. The highest BCUT2D eigenvalue weighted by atomic mass is 14.7. The Kier molecular flexibility index (Phi) is 4.18. The van der Waals surface area contributed by atoms with Crippen molar-refractivity contribution in [3.05, 3.63) is 122 Å². The fourth-order valence-electron chi connectivity index (χ4n) is 5.17. The number of fused-ring (bicyclic) bond motifs is 8. The van der Waals surface area contributed by atoms with Gasteiger partial charge in [-0.2, -0.15) is 0 Å². The van der Waals surface area contributed by atoms with E-state index in [4.69, 9.17) is 4.98 Å². The maximum absolute atomic E-state index is 5.34. The van der Waals surface area contributed by atoms with Crippen LogP contribution in [0.4, 0.5) is 0 Å². The normalized spacial score (nSPS) is 11.5. The molecule has 7 aromatic rings. The van der Waals surface area contributed by atoms with Crippen LogP contribution in [0.1, 0.15) is 0 Å². The quantitative estimate of drug-likeness (QED) is 0.256. The highest BCUT2D eigenvalue weighted by Gasteiger charge is 2.16. The lowest BCUT2D eigenvalue weighted by molar-refractivity contribution is 1.33. The number of hydrogen-bond acceptors (Lipinski definition) is 2. The van der Waals surface area contributed by atoms with Crippen molar-refractivity contribution in [1.29, 1.82) is 0 Å². The van der Waals surface area contributed by atoms with Crippen molar-refractivity contribution in [2.75, 3.05) is 0 Å². The molecule has 2 heterocycles. The molecule has 0 atom stereocenters. The standard InChI is InChI=1S/C32H20N2/c1-3-11-26-24(9-1)25-10-2-5-13-28(25)32-30(26)27-12-4-6-14-29(27)31(34-32)22-17-15-21(16-18-22)23-8-7-19-33-20-23/h1-20H. The van der Waals surface area contributed by atoms with Crippen LogP contribution in [0, 0.1) is 0 Å². The van der Waals surface area contributed by atoms with Crippen LogP contribution in [0.2, 0.25) is 0 Å². The molecule has 7 rings (SSSR count). The first-order valence-corrected chi connectivity index (χ1v) is 11.5. The summed E-state index contributed by atoms with van der Waals surface area (Å²) in [7, 11) is 0. The zero-order valence-corrected chi connectivity index (χ0v) is 18.4. The van der Waals surface area contributed by atoms with E-state index >= 15 is 0 Å². The first-order chi connectivity index (χ1) is 16.9. The van der Waals surface area contributed by atoms with E-state index in [2.05, 4.69) is 108 Å². The fourth-order valence-corrected chi connectivity index (χ4v) is 5.17. The SMILES string of the molecule is c1cncc(-c2ccc(-c3nc4c5ccccc5c5ccccc5c4c4ccccc34)cc2)c1. The van der Waals surface area contributed by atoms with Gasteiger partial charge in [-0.1, -0.05) is 103 Å². The van der Waals surface area contributed by atoms with Crippen LogP contribution in [0.15, 0.2) is 122 Å². The van der Waals surface area contributed by atoms with Gasteiger partial charge in [-0.15, -0.1) is 0 Å². The third-order valence-corrected chi connectivity index (χ3v) is 6.73. The van der Waals surface area contributed by atoms with Gasteiger partial charge in [-0.3, -0.25) is 4.98 Å². The molecule has 0 saturated heterocycles. The van der Waals surface area contributed by atoms with Gasteiger partial charge in [-0.05, 0) is 38.7 Å². The number of pyridine rings is 2. The van der Waals surface area contributed by atoms with Crippen molar-refractivity contribution < 1.29 is 0 Å². The average molecular weight is 433 g/mol. The van der Waals surface area contributed by atoms with Crippen molar-refractivity contribution in [3.8, 4) is 22.4 Å². The first kappa shape index (κ1) is 19.0. The topological polar surface area (TPSA) is 25.8 Å². The molecule has 158 valence electrons. The zero-order valence-electron chi connectivity index (χ0n) is 18.4. The van der Waals surface area contributed by atoms with E-state index in [9.17, 15) is 0 Å². The Morgan fingerprint density at radius 3 is 1.65 bits per heavy atom. The highest BCUT2D eigenvalue weighted by molar-refractivity contribution is 6.31. The van der Waals surface area contributed by atoms with Crippen LogP contribution in [-0.4, -0.2) is 9.97 Å². The molecule has 0 aliphatic carbocycles. The molecule has 0 spiro atoms. The van der Waals surface area contributed by atoms with Gasteiger partial charge in [0.15, 0.2) is 0 Å². The Morgan fingerprint density at radius 1 is 0.412 bits per heavy atom. The Morgan fingerprint density at radius 2 is 0.971 bits per heavy atom.